The zero-order valence-corrected chi connectivity index (χ0v) is 21.5. The first-order valence-corrected chi connectivity index (χ1v) is 13.5. The summed E-state index contributed by atoms with van der Waals surface area (Å²) in [5.74, 6) is 0. The first-order chi connectivity index (χ1) is 15.4. The lowest BCUT2D eigenvalue weighted by molar-refractivity contribution is 0.0256. The minimum atomic E-state index is -2.86. The minimum absolute atomic E-state index is 0.220. The molecule has 3 atom stereocenters. The summed E-state index contributed by atoms with van der Waals surface area (Å²) in [4.78, 5) is 12.6. The summed E-state index contributed by atoms with van der Waals surface area (Å²) < 4.78 is 12.6. The van der Waals surface area contributed by atoms with Gasteiger partial charge in [0.05, 0.1) is 18.2 Å². The van der Waals surface area contributed by atoms with Crippen LogP contribution >= 0.6 is 0 Å². The molecule has 33 heavy (non-hydrogen) atoms. The highest BCUT2D eigenvalue weighted by atomic mass is 28.4. The van der Waals surface area contributed by atoms with E-state index in [0.717, 1.165) is 10.4 Å². The summed E-state index contributed by atoms with van der Waals surface area (Å²) in [6.07, 6.45) is 2.51. The maximum absolute atomic E-state index is 12.6. The highest BCUT2D eigenvalue weighted by Gasteiger charge is 2.52. The van der Waals surface area contributed by atoms with Crippen molar-refractivity contribution >= 4 is 24.8 Å². The van der Waals surface area contributed by atoms with Gasteiger partial charge in [0.1, 0.15) is 5.60 Å². The number of nitrogens with one attached hydrogen (secondary N) is 1. The Labute approximate surface area is 199 Å². The molecule has 2 aromatic carbocycles. The van der Waals surface area contributed by atoms with Crippen molar-refractivity contribution in [2.24, 2.45) is 0 Å². The van der Waals surface area contributed by atoms with Crippen LogP contribution in [0.4, 0.5) is 4.79 Å². The Morgan fingerprint density at radius 2 is 1.45 bits per heavy atom. The molecule has 5 nitrogen and oxygen atoms in total. The van der Waals surface area contributed by atoms with Gasteiger partial charge in [-0.2, -0.15) is 0 Å². The van der Waals surface area contributed by atoms with Gasteiger partial charge in [0, 0.05) is 0 Å². The maximum Gasteiger partial charge on any atom is 0.408 e. The van der Waals surface area contributed by atoms with E-state index in [2.05, 4.69) is 50.4 Å². The van der Waals surface area contributed by atoms with Crippen molar-refractivity contribution in [3.8, 4) is 0 Å². The summed E-state index contributed by atoms with van der Waals surface area (Å²) in [5.41, 5.74) is -0.631. The second-order valence-electron chi connectivity index (χ2n) is 10.6. The van der Waals surface area contributed by atoms with E-state index in [-0.39, 0.29) is 5.04 Å². The first kappa shape index (κ1) is 25.2. The highest BCUT2D eigenvalue weighted by molar-refractivity contribution is 6.99. The van der Waals surface area contributed by atoms with E-state index in [0.29, 0.717) is 6.42 Å². The molecule has 3 rings (SSSR count). The number of amides is 1. The fourth-order valence-electron chi connectivity index (χ4n) is 4.47. The lowest BCUT2D eigenvalue weighted by Crippen LogP contribution is -2.69. The molecular formula is C27H37NO4Si. The van der Waals surface area contributed by atoms with Crippen molar-refractivity contribution in [3.05, 3.63) is 72.8 Å². The van der Waals surface area contributed by atoms with E-state index in [4.69, 9.17) is 9.16 Å². The Morgan fingerprint density at radius 1 is 0.939 bits per heavy atom. The summed E-state index contributed by atoms with van der Waals surface area (Å²) in [7, 11) is -2.86. The second-order valence-corrected chi connectivity index (χ2v) is 14.9. The zero-order valence-electron chi connectivity index (χ0n) is 20.5. The molecule has 0 fully saturated rings. The normalized spacial score (nSPS) is 21.5. The zero-order chi connectivity index (χ0) is 24.3. The number of aliphatic hydroxyl groups is 1. The molecule has 1 aliphatic carbocycles. The molecule has 0 heterocycles. The van der Waals surface area contributed by atoms with Crippen molar-refractivity contribution in [2.45, 2.75) is 76.9 Å². The van der Waals surface area contributed by atoms with Crippen LogP contribution in [0.15, 0.2) is 72.8 Å². The van der Waals surface area contributed by atoms with Crippen molar-refractivity contribution in [3.63, 3.8) is 0 Å². The smallest absolute Gasteiger partial charge is 0.408 e. The molecule has 0 saturated heterocycles. The molecule has 1 aliphatic rings. The number of benzene rings is 2. The Balaban J connectivity index is 2.07. The molecule has 6 heteroatoms. The number of carbonyl (C=O) groups excluding carboxylic acids is 1. The molecule has 0 unspecified atom stereocenters. The van der Waals surface area contributed by atoms with Gasteiger partial charge in [-0.1, -0.05) is 93.6 Å². The summed E-state index contributed by atoms with van der Waals surface area (Å²) >= 11 is 0. The SMILES string of the molecule is CC(C)(C)OC(=O)N[C@@H]1[C@@H](O[Si](c2ccccc2)(c2ccccc2)C(C)(C)C)C=CC[C@@H]1O. The van der Waals surface area contributed by atoms with E-state index in [1.807, 2.05) is 69.3 Å². The van der Waals surface area contributed by atoms with Crippen molar-refractivity contribution in [1.29, 1.82) is 0 Å². The number of carbonyl (C=O) groups is 1. The average molecular weight is 468 g/mol. The van der Waals surface area contributed by atoms with Crippen LogP contribution in [0.3, 0.4) is 0 Å². The average Bonchev–Trinajstić information content (AvgIpc) is 2.73. The fraction of sp³-hybridized carbons (Fsp3) is 0.444. The number of hydrogen-bond donors (Lipinski definition) is 2. The van der Waals surface area contributed by atoms with E-state index in [1.165, 1.54) is 0 Å². The molecular weight excluding hydrogens is 430 g/mol. The van der Waals surface area contributed by atoms with Gasteiger partial charge in [0.15, 0.2) is 0 Å². The molecule has 0 spiro atoms. The molecule has 0 radical (unpaired) electrons. The molecule has 0 saturated carbocycles. The molecule has 1 amide bonds. The molecule has 178 valence electrons. The molecule has 0 bridgehead atoms. The standard InChI is InChI=1S/C27H37NO4Si/c1-26(2,3)31-25(30)28-24-22(29)18-13-19-23(24)32-33(27(4,5)6,20-14-9-7-10-15-20)21-16-11-8-12-17-21/h7-17,19,22-24,29H,18H2,1-6H3,(H,28,30)/t22-,23-,24-/m0/s1. The maximum atomic E-state index is 12.6. The van der Waals surface area contributed by atoms with E-state index in [9.17, 15) is 9.90 Å². The van der Waals surface area contributed by atoms with Crippen LogP contribution < -0.4 is 15.7 Å². The highest BCUT2D eigenvalue weighted by Crippen LogP contribution is 2.38. The second kappa shape index (κ2) is 9.83. The van der Waals surface area contributed by atoms with Crippen LogP contribution in [0, 0.1) is 0 Å². The van der Waals surface area contributed by atoms with Gasteiger partial charge in [-0.15, -0.1) is 0 Å². The molecule has 0 aliphatic heterocycles. The lowest BCUT2D eigenvalue weighted by Gasteiger charge is -2.47. The van der Waals surface area contributed by atoms with Crippen LogP contribution in [-0.2, 0) is 9.16 Å². The fourth-order valence-corrected chi connectivity index (χ4v) is 9.12. The Morgan fingerprint density at radius 3 is 1.91 bits per heavy atom. The number of alkyl carbamates (subject to hydrolysis) is 1. The third-order valence-electron chi connectivity index (χ3n) is 5.88. The van der Waals surface area contributed by atoms with Gasteiger partial charge in [-0.25, -0.2) is 4.79 Å². The van der Waals surface area contributed by atoms with Crippen LogP contribution in [0.1, 0.15) is 48.0 Å². The van der Waals surface area contributed by atoms with Gasteiger partial charge >= 0.3 is 6.09 Å². The monoisotopic (exact) mass is 467 g/mol. The van der Waals surface area contributed by atoms with Gasteiger partial charge in [-0.3, -0.25) is 0 Å². The van der Waals surface area contributed by atoms with Gasteiger partial charge in [0.25, 0.3) is 8.32 Å². The van der Waals surface area contributed by atoms with E-state index >= 15 is 0 Å². The molecule has 2 aromatic rings. The lowest BCUT2D eigenvalue weighted by atomic mass is 9.96. The van der Waals surface area contributed by atoms with Gasteiger partial charge < -0.3 is 19.6 Å². The molecule has 0 aromatic heterocycles. The minimum Gasteiger partial charge on any atom is -0.444 e. The van der Waals surface area contributed by atoms with Crippen LogP contribution in [0.2, 0.25) is 5.04 Å². The summed E-state index contributed by atoms with van der Waals surface area (Å²) in [6, 6.07) is 20.1. The van der Waals surface area contributed by atoms with E-state index in [1.54, 1.807) is 0 Å². The van der Waals surface area contributed by atoms with Crippen molar-refractivity contribution < 1.29 is 19.1 Å². The van der Waals surface area contributed by atoms with Crippen molar-refractivity contribution in [2.75, 3.05) is 0 Å². The Hall–Kier alpha value is -2.41. The summed E-state index contributed by atoms with van der Waals surface area (Å²) in [6.45, 7) is 12.1. The Kier molecular flexibility index (Phi) is 7.51. The number of rotatable bonds is 5. The largest absolute Gasteiger partial charge is 0.444 e. The predicted molar refractivity (Wildman–Crippen MR) is 135 cm³/mol. The molecule has 2 N–H and O–H groups in total. The van der Waals surface area contributed by atoms with Crippen molar-refractivity contribution in [1.82, 2.24) is 5.32 Å². The topological polar surface area (TPSA) is 67.8 Å². The third kappa shape index (κ3) is 5.75. The summed E-state index contributed by atoms with van der Waals surface area (Å²) in [5, 5.41) is 15.8. The first-order valence-electron chi connectivity index (χ1n) is 11.6. The number of aliphatic hydroxyl groups excluding tert-OH is 1. The van der Waals surface area contributed by atoms with Crippen LogP contribution in [0.25, 0.3) is 0 Å². The quantitative estimate of drug-likeness (QED) is 0.512. The van der Waals surface area contributed by atoms with Gasteiger partial charge in [-0.05, 0) is 42.6 Å². The van der Waals surface area contributed by atoms with Crippen LogP contribution in [-0.4, -0.2) is 43.4 Å². The number of hydrogen-bond acceptors (Lipinski definition) is 4. The van der Waals surface area contributed by atoms with E-state index < -0.39 is 38.3 Å². The number of ether oxygens (including phenoxy) is 1. The van der Waals surface area contributed by atoms with Crippen LogP contribution in [0.5, 0.6) is 0 Å². The third-order valence-corrected chi connectivity index (χ3v) is 10.9. The van der Waals surface area contributed by atoms with Gasteiger partial charge in [0.2, 0.25) is 0 Å². The predicted octanol–water partition coefficient (Wildman–Crippen LogP) is 4.15. The Bertz CT molecular complexity index is 908.